The molecule has 0 amide bonds. The molecule has 1 saturated heterocycles. The van der Waals surface area contributed by atoms with Gasteiger partial charge in [-0.05, 0) is 65.8 Å². The lowest BCUT2D eigenvalue weighted by atomic mass is 9.78. The molecule has 4 rings (SSSR count). The molecule has 0 unspecified atom stereocenters. The van der Waals surface area contributed by atoms with Crippen LogP contribution in [0.4, 0.5) is 0 Å². The fourth-order valence-corrected chi connectivity index (χ4v) is 4.00. The molecule has 1 aliphatic carbocycles. The Morgan fingerprint density at radius 3 is 2.37 bits per heavy atom. The van der Waals surface area contributed by atoms with Crippen molar-refractivity contribution in [1.29, 1.82) is 0 Å². The summed E-state index contributed by atoms with van der Waals surface area (Å²) < 4.78 is 18.5. The van der Waals surface area contributed by atoms with Crippen LogP contribution in [-0.4, -0.2) is 47.5 Å². The van der Waals surface area contributed by atoms with Crippen LogP contribution < -0.4 is 10.8 Å². The predicted molar refractivity (Wildman–Crippen MR) is 119 cm³/mol. The third kappa shape index (κ3) is 4.43. The number of rotatable bonds is 4. The SMILES string of the molecule is CC1(O)CCC(OC2=CNC(c3cccc(B4OC(C)(C)C(C)(C)O4)c3)=NC2)CC1. The van der Waals surface area contributed by atoms with Crippen molar-refractivity contribution < 1.29 is 19.2 Å². The molecule has 162 valence electrons. The average Bonchev–Trinajstić information content (AvgIpc) is 2.92. The number of nitrogens with zero attached hydrogens (tertiary/aromatic N) is 1. The lowest BCUT2D eigenvalue weighted by Crippen LogP contribution is -2.41. The topological polar surface area (TPSA) is 72.3 Å². The van der Waals surface area contributed by atoms with E-state index < -0.39 is 12.7 Å². The fraction of sp³-hybridized carbons (Fsp3) is 0.609. The first-order chi connectivity index (χ1) is 14.0. The molecular weight excluding hydrogens is 379 g/mol. The molecule has 2 heterocycles. The quantitative estimate of drug-likeness (QED) is 0.745. The maximum absolute atomic E-state index is 10.1. The van der Waals surface area contributed by atoms with Crippen molar-refractivity contribution in [1.82, 2.24) is 5.32 Å². The molecule has 1 saturated carbocycles. The second-order valence-electron chi connectivity index (χ2n) is 9.95. The van der Waals surface area contributed by atoms with Gasteiger partial charge in [-0.1, -0.05) is 24.3 Å². The van der Waals surface area contributed by atoms with Crippen molar-refractivity contribution in [3.8, 4) is 0 Å². The summed E-state index contributed by atoms with van der Waals surface area (Å²) in [7, 11) is -0.392. The third-order valence-electron chi connectivity index (χ3n) is 6.78. The second-order valence-corrected chi connectivity index (χ2v) is 9.95. The number of hydrogen-bond acceptors (Lipinski definition) is 6. The molecule has 2 N–H and O–H groups in total. The number of ether oxygens (including phenoxy) is 1. The van der Waals surface area contributed by atoms with Crippen LogP contribution in [-0.2, 0) is 14.0 Å². The van der Waals surface area contributed by atoms with Crippen LogP contribution in [0.1, 0.15) is 65.9 Å². The van der Waals surface area contributed by atoms with Gasteiger partial charge in [-0.25, -0.2) is 0 Å². The number of nitrogens with one attached hydrogen (secondary N) is 1. The Kier molecular flexibility index (Phi) is 5.49. The highest BCUT2D eigenvalue weighted by Crippen LogP contribution is 2.36. The van der Waals surface area contributed by atoms with Crippen molar-refractivity contribution in [3.63, 3.8) is 0 Å². The van der Waals surface area contributed by atoms with Gasteiger partial charge in [0.2, 0.25) is 0 Å². The number of aliphatic imine (C=N–C) groups is 1. The lowest BCUT2D eigenvalue weighted by Gasteiger charge is -2.33. The van der Waals surface area contributed by atoms with Gasteiger partial charge in [0.25, 0.3) is 0 Å². The standard InChI is InChI=1S/C23H33BN2O4/c1-21(2)22(3,4)30-24(29-21)17-8-6-7-16(13-17)20-25-14-19(15-26-20)28-18-9-11-23(5,27)12-10-18/h6-8,13-14,18,27H,9-12,15H2,1-5H3,(H,25,26). The Labute approximate surface area is 179 Å². The summed E-state index contributed by atoms with van der Waals surface area (Å²) in [5.41, 5.74) is 0.695. The fourth-order valence-electron chi connectivity index (χ4n) is 4.00. The normalized spacial score (nSPS) is 30.3. The van der Waals surface area contributed by atoms with Crippen LogP contribution in [0.2, 0.25) is 0 Å². The van der Waals surface area contributed by atoms with Gasteiger partial charge in [0.1, 0.15) is 18.1 Å². The molecule has 0 spiro atoms. The summed E-state index contributed by atoms with van der Waals surface area (Å²) in [6, 6.07) is 8.13. The summed E-state index contributed by atoms with van der Waals surface area (Å²) in [5, 5.41) is 13.4. The predicted octanol–water partition coefficient (Wildman–Crippen LogP) is 2.89. The zero-order valence-electron chi connectivity index (χ0n) is 18.7. The first-order valence-electron chi connectivity index (χ1n) is 10.9. The average molecular weight is 412 g/mol. The van der Waals surface area contributed by atoms with Gasteiger partial charge in [0, 0.05) is 11.8 Å². The molecule has 0 atom stereocenters. The van der Waals surface area contributed by atoms with E-state index in [1.165, 1.54) is 0 Å². The van der Waals surface area contributed by atoms with E-state index in [9.17, 15) is 5.11 Å². The molecule has 6 nitrogen and oxygen atoms in total. The minimum atomic E-state index is -0.549. The van der Waals surface area contributed by atoms with Crippen LogP contribution in [0, 0.1) is 0 Å². The van der Waals surface area contributed by atoms with Crippen molar-refractivity contribution >= 4 is 18.4 Å². The maximum atomic E-state index is 10.1. The largest absolute Gasteiger partial charge is 0.494 e. The maximum Gasteiger partial charge on any atom is 0.494 e. The van der Waals surface area contributed by atoms with Crippen LogP contribution in [0.5, 0.6) is 0 Å². The van der Waals surface area contributed by atoms with Gasteiger partial charge in [-0.2, -0.15) is 0 Å². The highest BCUT2D eigenvalue weighted by atomic mass is 16.7. The Hall–Kier alpha value is -1.83. The smallest absolute Gasteiger partial charge is 0.491 e. The molecule has 0 aromatic heterocycles. The van der Waals surface area contributed by atoms with Gasteiger partial charge < -0.3 is 24.5 Å². The number of benzene rings is 1. The summed E-state index contributed by atoms with van der Waals surface area (Å²) >= 11 is 0. The molecule has 1 aromatic rings. The Morgan fingerprint density at radius 1 is 1.10 bits per heavy atom. The minimum Gasteiger partial charge on any atom is -0.491 e. The van der Waals surface area contributed by atoms with E-state index >= 15 is 0 Å². The Bertz CT molecular complexity index is 837. The van der Waals surface area contributed by atoms with Crippen LogP contribution in [0.15, 0.2) is 41.2 Å². The highest BCUT2D eigenvalue weighted by Gasteiger charge is 2.51. The van der Waals surface area contributed by atoms with Gasteiger partial charge in [0.15, 0.2) is 0 Å². The summed E-state index contributed by atoms with van der Waals surface area (Å²) in [4.78, 5) is 4.68. The van der Waals surface area contributed by atoms with E-state index in [2.05, 4.69) is 44.1 Å². The van der Waals surface area contributed by atoms with Gasteiger partial charge in [-0.3, -0.25) is 4.99 Å². The van der Waals surface area contributed by atoms with E-state index in [0.717, 1.165) is 48.3 Å². The van der Waals surface area contributed by atoms with Crippen LogP contribution >= 0.6 is 0 Å². The molecule has 7 heteroatoms. The van der Waals surface area contributed by atoms with Crippen molar-refractivity contribution in [2.24, 2.45) is 4.99 Å². The number of hydrogen-bond donors (Lipinski definition) is 2. The molecule has 0 bridgehead atoms. The molecule has 0 radical (unpaired) electrons. The van der Waals surface area contributed by atoms with Crippen LogP contribution in [0.25, 0.3) is 0 Å². The van der Waals surface area contributed by atoms with E-state index in [0.29, 0.717) is 6.54 Å². The molecule has 30 heavy (non-hydrogen) atoms. The lowest BCUT2D eigenvalue weighted by molar-refractivity contribution is -0.0279. The van der Waals surface area contributed by atoms with E-state index in [4.69, 9.17) is 14.0 Å². The van der Waals surface area contributed by atoms with Crippen LogP contribution in [0.3, 0.4) is 0 Å². The molecule has 1 aromatic carbocycles. The van der Waals surface area contributed by atoms with Gasteiger partial charge >= 0.3 is 7.12 Å². The Morgan fingerprint density at radius 2 is 1.77 bits per heavy atom. The highest BCUT2D eigenvalue weighted by molar-refractivity contribution is 6.62. The molecule has 3 aliphatic rings. The molecule has 2 aliphatic heterocycles. The summed E-state index contributed by atoms with van der Waals surface area (Å²) in [5.74, 6) is 1.65. The first kappa shape index (κ1) is 21.4. The first-order valence-corrected chi connectivity index (χ1v) is 10.9. The van der Waals surface area contributed by atoms with Crippen molar-refractivity contribution in [2.45, 2.75) is 83.2 Å². The molecule has 2 fully saturated rings. The third-order valence-corrected chi connectivity index (χ3v) is 6.78. The minimum absolute atomic E-state index is 0.154. The Balaban J connectivity index is 1.38. The zero-order chi connectivity index (χ0) is 21.6. The molecular formula is C23H33BN2O4. The van der Waals surface area contributed by atoms with Gasteiger partial charge in [-0.15, -0.1) is 0 Å². The van der Waals surface area contributed by atoms with E-state index in [1.807, 2.05) is 31.3 Å². The second kappa shape index (κ2) is 7.70. The van der Waals surface area contributed by atoms with E-state index in [1.54, 1.807) is 0 Å². The van der Waals surface area contributed by atoms with Crippen molar-refractivity contribution in [3.05, 3.63) is 41.8 Å². The summed E-state index contributed by atoms with van der Waals surface area (Å²) in [6.45, 7) is 10.6. The monoisotopic (exact) mass is 412 g/mol. The number of amidine groups is 1. The number of aliphatic hydroxyl groups is 1. The van der Waals surface area contributed by atoms with Gasteiger partial charge in [0.05, 0.1) is 22.9 Å². The van der Waals surface area contributed by atoms with E-state index in [-0.39, 0.29) is 17.3 Å². The van der Waals surface area contributed by atoms with Crippen molar-refractivity contribution in [2.75, 3.05) is 6.54 Å². The summed E-state index contributed by atoms with van der Waals surface area (Å²) in [6.07, 6.45) is 5.35. The zero-order valence-corrected chi connectivity index (χ0v) is 18.7.